The number of likely N-dealkylation sites (tertiary alicyclic amines) is 1. The summed E-state index contributed by atoms with van der Waals surface area (Å²) in [5.74, 6) is 1.59. The number of nitrogens with zero attached hydrogens (tertiary/aromatic N) is 3. The van der Waals surface area contributed by atoms with Crippen molar-refractivity contribution < 1.29 is 9.59 Å². The van der Waals surface area contributed by atoms with Crippen molar-refractivity contribution in [1.82, 2.24) is 25.4 Å². The van der Waals surface area contributed by atoms with E-state index >= 15 is 0 Å². The van der Waals surface area contributed by atoms with Crippen molar-refractivity contribution in [3.63, 3.8) is 0 Å². The Bertz CT molecular complexity index is 860. The number of aryl methyl sites for hydroxylation is 2. The van der Waals surface area contributed by atoms with E-state index in [0.717, 1.165) is 30.1 Å². The van der Waals surface area contributed by atoms with Crippen LogP contribution in [0, 0.1) is 13.8 Å². The SMILES string of the molecule is Cc1nc(C2CCCN(C(=O)Nc3ccc(C(=O)NC(C)C)cc3C)C2)n[nH]1. The Morgan fingerprint density at radius 2 is 2.07 bits per heavy atom. The summed E-state index contributed by atoms with van der Waals surface area (Å²) < 4.78 is 0. The predicted molar refractivity (Wildman–Crippen MR) is 107 cm³/mol. The molecule has 150 valence electrons. The highest BCUT2D eigenvalue weighted by Crippen LogP contribution is 2.25. The predicted octanol–water partition coefficient (Wildman–Crippen LogP) is 2.97. The maximum Gasteiger partial charge on any atom is 0.321 e. The molecule has 0 saturated carbocycles. The van der Waals surface area contributed by atoms with E-state index in [0.29, 0.717) is 24.3 Å². The molecule has 0 bridgehead atoms. The van der Waals surface area contributed by atoms with Gasteiger partial charge in [0.15, 0.2) is 5.82 Å². The lowest BCUT2D eigenvalue weighted by Gasteiger charge is -2.31. The van der Waals surface area contributed by atoms with Gasteiger partial charge in [-0.1, -0.05) is 0 Å². The molecule has 8 heteroatoms. The quantitative estimate of drug-likeness (QED) is 0.754. The monoisotopic (exact) mass is 384 g/mol. The Morgan fingerprint density at radius 3 is 2.71 bits per heavy atom. The number of hydrogen-bond acceptors (Lipinski definition) is 4. The average Bonchev–Trinajstić information content (AvgIpc) is 3.09. The summed E-state index contributed by atoms with van der Waals surface area (Å²) in [4.78, 5) is 31.1. The molecule has 0 radical (unpaired) electrons. The number of carbonyl (C=O) groups is 2. The van der Waals surface area contributed by atoms with Crippen molar-refractivity contribution >= 4 is 17.6 Å². The number of carbonyl (C=O) groups excluding carboxylic acids is 2. The molecule has 2 heterocycles. The van der Waals surface area contributed by atoms with Crippen LogP contribution in [0.25, 0.3) is 0 Å². The molecule has 0 aliphatic carbocycles. The number of aromatic nitrogens is 3. The fourth-order valence-electron chi connectivity index (χ4n) is 3.40. The molecule has 28 heavy (non-hydrogen) atoms. The zero-order valence-electron chi connectivity index (χ0n) is 16.9. The minimum atomic E-state index is -0.139. The van der Waals surface area contributed by atoms with E-state index < -0.39 is 0 Å². The number of amides is 3. The van der Waals surface area contributed by atoms with E-state index in [9.17, 15) is 9.59 Å². The van der Waals surface area contributed by atoms with Gasteiger partial charge < -0.3 is 15.5 Å². The molecule has 1 aliphatic heterocycles. The van der Waals surface area contributed by atoms with E-state index in [2.05, 4.69) is 25.8 Å². The van der Waals surface area contributed by atoms with Gasteiger partial charge in [0.2, 0.25) is 0 Å². The van der Waals surface area contributed by atoms with E-state index in [-0.39, 0.29) is 23.9 Å². The van der Waals surface area contributed by atoms with E-state index in [4.69, 9.17) is 0 Å². The summed E-state index contributed by atoms with van der Waals surface area (Å²) in [6.07, 6.45) is 1.89. The number of benzene rings is 1. The van der Waals surface area contributed by atoms with Crippen LogP contribution >= 0.6 is 0 Å². The Hall–Kier alpha value is -2.90. The van der Waals surface area contributed by atoms with Gasteiger partial charge in [-0.15, -0.1) is 0 Å². The lowest BCUT2D eigenvalue weighted by atomic mass is 9.97. The van der Waals surface area contributed by atoms with Gasteiger partial charge >= 0.3 is 6.03 Å². The topological polar surface area (TPSA) is 103 Å². The van der Waals surface area contributed by atoms with Crippen LogP contribution in [0.15, 0.2) is 18.2 Å². The van der Waals surface area contributed by atoms with Crippen LogP contribution in [0.5, 0.6) is 0 Å². The number of urea groups is 1. The normalized spacial score (nSPS) is 16.9. The molecule has 3 N–H and O–H groups in total. The second-order valence-corrected chi connectivity index (χ2v) is 7.65. The number of anilines is 1. The van der Waals surface area contributed by atoms with E-state index in [1.165, 1.54) is 0 Å². The van der Waals surface area contributed by atoms with Crippen LogP contribution < -0.4 is 10.6 Å². The number of piperidine rings is 1. The van der Waals surface area contributed by atoms with Crippen LogP contribution in [0.4, 0.5) is 10.5 Å². The molecule has 1 fully saturated rings. The average molecular weight is 384 g/mol. The first-order chi connectivity index (χ1) is 13.3. The molecule has 0 spiro atoms. The first-order valence-electron chi connectivity index (χ1n) is 9.70. The molecule has 1 atom stereocenters. The summed E-state index contributed by atoms with van der Waals surface area (Å²) in [5.41, 5.74) is 2.15. The maximum absolute atomic E-state index is 12.8. The Kier molecular flexibility index (Phi) is 5.96. The van der Waals surface area contributed by atoms with Crippen LogP contribution in [-0.2, 0) is 0 Å². The molecule has 1 saturated heterocycles. The molecule has 8 nitrogen and oxygen atoms in total. The number of nitrogens with one attached hydrogen (secondary N) is 3. The van der Waals surface area contributed by atoms with Crippen molar-refractivity contribution in [1.29, 1.82) is 0 Å². The summed E-state index contributed by atoms with van der Waals surface area (Å²) >= 11 is 0. The van der Waals surface area contributed by atoms with Gasteiger partial charge in [-0.05, 0) is 64.3 Å². The Morgan fingerprint density at radius 1 is 1.29 bits per heavy atom. The van der Waals surface area contributed by atoms with Crippen molar-refractivity contribution in [2.45, 2.75) is 52.5 Å². The highest BCUT2D eigenvalue weighted by molar-refractivity contribution is 5.96. The second-order valence-electron chi connectivity index (χ2n) is 7.65. The number of rotatable bonds is 4. The minimum Gasteiger partial charge on any atom is -0.350 e. The summed E-state index contributed by atoms with van der Waals surface area (Å²) in [5, 5.41) is 13.0. The first kappa shape index (κ1) is 19.9. The Balaban J connectivity index is 1.64. The molecule has 1 aliphatic rings. The lowest BCUT2D eigenvalue weighted by Crippen LogP contribution is -2.42. The van der Waals surface area contributed by atoms with Crippen molar-refractivity contribution in [3.8, 4) is 0 Å². The summed E-state index contributed by atoms with van der Waals surface area (Å²) in [7, 11) is 0. The molecule has 1 aromatic carbocycles. The summed E-state index contributed by atoms with van der Waals surface area (Å²) in [6.45, 7) is 8.90. The van der Waals surface area contributed by atoms with Gasteiger partial charge in [0.05, 0.1) is 0 Å². The van der Waals surface area contributed by atoms with Gasteiger partial charge in [-0.3, -0.25) is 9.89 Å². The summed E-state index contributed by atoms with van der Waals surface area (Å²) in [6, 6.07) is 5.24. The van der Waals surface area contributed by atoms with Crippen LogP contribution in [0.2, 0.25) is 0 Å². The molecular weight excluding hydrogens is 356 g/mol. The molecule has 1 unspecified atom stereocenters. The van der Waals surface area contributed by atoms with Crippen LogP contribution in [0.3, 0.4) is 0 Å². The molecular formula is C20H28N6O2. The third-order valence-corrected chi connectivity index (χ3v) is 4.84. The largest absolute Gasteiger partial charge is 0.350 e. The molecule has 2 aromatic rings. The van der Waals surface area contributed by atoms with Crippen molar-refractivity contribution in [2.24, 2.45) is 0 Å². The smallest absolute Gasteiger partial charge is 0.321 e. The second kappa shape index (κ2) is 8.41. The van der Waals surface area contributed by atoms with Gasteiger partial charge in [-0.2, -0.15) is 5.10 Å². The van der Waals surface area contributed by atoms with E-state index in [1.807, 2.05) is 27.7 Å². The van der Waals surface area contributed by atoms with Gasteiger partial charge in [-0.25, -0.2) is 9.78 Å². The number of aromatic amines is 1. The Labute approximate surface area is 165 Å². The highest BCUT2D eigenvalue weighted by atomic mass is 16.2. The minimum absolute atomic E-state index is 0.0760. The van der Waals surface area contributed by atoms with Crippen LogP contribution in [0.1, 0.15) is 60.2 Å². The zero-order valence-corrected chi connectivity index (χ0v) is 16.9. The zero-order chi connectivity index (χ0) is 20.3. The van der Waals surface area contributed by atoms with Gasteiger partial charge in [0.25, 0.3) is 5.91 Å². The maximum atomic E-state index is 12.8. The van der Waals surface area contributed by atoms with Gasteiger partial charge in [0, 0.05) is 36.3 Å². The van der Waals surface area contributed by atoms with E-state index in [1.54, 1.807) is 23.1 Å². The molecule has 3 amide bonds. The van der Waals surface area contributed by atoms with Crippen molar-refractivity contribution in [3.05, 3.63) is 41.0 Å². The lowest BCUT2D eigenvalue weighted by molar-refractivity contribution is 0.0943. The van der Waals surface area contributed by atoms with Crippen LogP contribution in [-0.4, -0.2) is 51.2 Å². The highest BCUT2D eigenvalue weighted by Gasteiger charge is 2.27. The number of hydrogen-bond donors (Lipinski definition) is 3. The fourth-order valence-corrected chi connectivity index (χ4v) is 3.40. The molecule has 3 rings (SSSR count). The van der Waals surface area contributed by atoms with Crippen molar-refractivity contribution in [2.75, 3.05) is 18.4 Å². The van der Waals surface area contributed by atoms with Gasteiger partial charge in [0.1, 0.15) is 5.82 Å². The third kappa shape index (κ3) is 4.68. The number of H-pyrrole nitrogens is 1. The first-order valence-corrected chi connectivity index (χ1v) is 9.70. The molecule has 1 aromatic heterocycles. The third-order valence-electron chi connectivity index (χ3n) is 4.84. The fraction of sp³-hybridized carbons (Fsp3) is 0.500. The standard InChI is InChI=1S/C20H28N6O2/c1-12(2)21-19(27)15-7-8-17(13(3)10-15)23-20(28)26-9-5-6-16(11-26)18-22-14(4)24-25-18/h7-8,10,12,16H,5-6,9,11H2,1-4H3,(H,21,27)(H,23,28)(H,22,24,25).